The summed E-state index contributed by atoms with van der Waals surface area (Å²) in [5, 5.41) is 0. The molecule has 1 unspecified atom stereocenters. The number of carbonyl (C=O) groups excluding carboxylic acids is 2. The summed E-state index contributed by atoms with van der Waals surface area (Å²) in [6.45, 7) is 6.02. The molecular weight excluding hydrogens is 356 g/mol. The molecule has 1 heterocycles. The van der Waals surface area contributed by atoms with Crippen LogP contribution in [0.25, 0.3) is 0 Å². The average molecular weight is 382 g/mol. The molecule has 1 fully saturated rings. The van der Waals surface area contributed by atoms with Crippen LogP contribution in [0.3, 0.4) is 0 Å². The summed E-state index contributed by atoms with van der Waals surface area (Å²) in [5.74, 6) is -0.0839. The van der Waals surface area contributed by atoms with Crippen molar-refractivity contribution < 1.29 is 19.1 Å². The molecule has 1 aliphatic heterocycles. The fraction of sp³-hybridized carbons (Fsp3) is 0.364. The van der Waals surface area contributed by atoms with E-state index in [-0.39, 0.29) is 12.5 Å². The first kappa shape index (κ1) is 19.7. The van der Waals surface area contributed by atoms with E-state index in [2.05, 4.69) is 17.0 Å². The van der Waals surface area contributed by atoms with Crippen molar-refractivity contribution in [1.29, 1.82) is 0 Å². The Bertz CT molecular complexity index is 801. The average Bonchev–Trinajstić information content (AvgIpc) is 2.73. The van der Waals surface area contributed by atoms with Crippen LogP contribution in [0.5, 0.6) is 5.75 Å². The number of carbonyl (C=O) groups is 2. The number of piperazine rings is 1. The van der Waals surface area contributed by atoms with Gasteiger partial charge in [-0.15, -0.1) is 0 Å². The van der Waals surface area contributed by atoms with Crippen LogP contribution in [0.15, 0.2) is 54.6 Å². The highest BCUT2D eigenvalue weighted by Gasteiger charge is 2.27. The first-order valence-electron chi connectivity index (χ1n) is 9.51. The molecule has 1 aliphatic rings. The molecule has 3 rings (SSSR count). The van der Waals surface area contributed by atoms with Gasteiger partial charge in [0.2, 0.25) is 0 Å². The van der Waals surface area contributed by atoms with Gasteiger partial charge in [0.05, 0.1) is 0 Å². The third-order valence-corrected chi connectivity index (χ3v) is 4.81. The molecule has 0 bridgehead atoms. The highest BCUT2D eigenvalue weighted by Crippen LogP contribution is 2.17. The Morgan fingerprint density at radius 2 is 1.61 bits per heavy atom. The second-order valence-corrected chi connectivity index (χ2v) is 6.83. The summed E-state index contributed by atoms with van der Waals surface area (Å²) >= 11 is 0. The number of aryl methyl sites for hydroxylation is 1. The van der Waals surface area contributed by atoms with Gasteiger partial charge in [0.15, 0.2) is 12.7 Å². The molecule has 6 heteroatoms. The Kier molecular flexibility index (Phi) is 6.53. The Hall–Kier alpha value is -3.02. The van der Waals surface area contributed by atoms with E-state index in [1.54, 1.807) is 17.9 Å². The Balaban J connectivity index is 1.44. The highest BCUT2D eigenvalue weighted by atomic mass is 16.6. The number of benzene rings is 2. The maximum atomic E-state index is 12.6. The van der Waals surface area contributed by atoms with Gasteiger partial charge >= 0.3 is 5.97 Å². The standard InChI is InChI=1S/C22H26N2O4/c1-17-8-6-7-11-20(17)27-16-21(25)28-18(2)22(26)24-14-12-23(13-15-24)19-9-4-3-5-10-19/h3-11,18H,12-16H2,1-2H3. The quantitative estimate of drug-likeness (QED) is 0.719. The molecule has 0 N–H and O–H groups in total. The zero-order valence-electron chi connectivity index (χ0n) is 16.3. The molecule has 1 atom stereocenters. The minimum atomic E-state index is -0.823. The van der Waals surface area contributed by atoms with Crippen LogP contribution < -0.4 is 9.64 Å². The third kappa shape index (κ3) is 5.03. The van der Waals surface area contributed by atoms with E-state index >= 15 is 0 Å². The van der Waals surface area contributed by atoms with Crippen LogP contribution >= 0.6 is 0 Å². The van der Waals surface area contributed by atoms with E-state index in [1.165, 1.54) is 0 Å². The topological polar surface area (TPSA) is 59.1 Å². The summed E-state index contributed by atoms with van der Waals surface area (Å²) in [6.07, 6.45) is -0.823. The van der Waals surface area contributed by atoms with Crippen molar-refractivity contribution in [2.45, 2.75) is 20.0 Å². The lowest BCUT2D eigenvalue weighted by atomic mass is 10.2. The predicted octanol–water partition coefficient (Wildman–Crippen LogP) is 2.65. The van der Waals surface area contributed by atoms with Gasteiger partial charge in [-0.2, -0.15) is 0 Å². The summed E-state index contributed by atoms with van der Waals surface area (Å²) < 4.78 is 10.8. The molecule has 1 amide bonds. The van der Waals surface area contributed by atoms with E-state index in [1.807, 2.05) is 43.3 Å². The Morgan fingerprint density at radius 3 is 2.29 bits per heavy atom. The first-order valence-corrected chi connectivity index (χ1v) is 9.51. The summed E-state index contributed by atoms with van der Waals surface area (Å²) in [7, 11) is 0. The normalized spacial score (nSPS) is 15.1. The number of para-hydroxylation sites is 2. The molecule has 2 aromatic carbocycles. The Labute approximate surface area is 165 Å². The maximum Gasteiger partial charge on any atom is 0.344 e. The third-order valence-electron chi connectivity index (χ3n) is 4.81. The van der Waals surface area contributed by atoms with Crippen LogP contribution in [0, 0.1) is 6.92 Å². The maximum absolute atomic E-state index is 12.6. The van der Waals surface area contributed by atoms with Gasteiger partial charge in [0.1, 0.15) is 5.75 Å². The summed E-state index contributed by atoms with van der Waals surface area (Å²) in [6, 6.07) is 17.6. The van der Waals surface area contributed by atoms with Crippen LogP contribution in [0.2, 0.25) is 0 Å². The smallest absolute Gasteiger partial charge is 0.344 e. The largest absolute Gasteiger partial charge is 0.482 e. The van der Waals surface area contributed by atoms with Gasteiger partial charge in [-0.3, -0.25) is 4.79 Å². The van der Waals surface area contributed by atoms with Crippen molar-refractivity contribution in [3.63, 3.8) is 0 Å². The van der Waals surface area contributed by atoms with E-state index in [9.17, 15) is 9.59 Å². The van der Waals surface area contributed by atoms with Crippen molar-refractivity contribution in [3.05, 3.63) is 60.2 Å². The SMILES string of the molecule is Cc1ccccc1OCC(=O)OC(C)C(=O)N1CCN(c2ccccc2)CC1. The van der Waals surface area contributed by atoms with Crippen LogP contribution in [0.4, 0.5) is 5.69 Å². The zero-order chi connectivity index (χ0) is 19.9. The Morgan fingerprint density at radius 1 is 0.964 bits per heavy atom. The molecule has 148 valence electrons. The van der Waals surface area contributed by atoms with E-state index in [4.69, 9.17) is 9.47 Å². The molecular formula is C22H26N2O4. The summed E-state index contributed by atoms with van der Waals surface area (Å²) in [5.41, 5.74) is 2.10. The van der Waals surface area contributed by atoms with Gasteiger partial charge in [-0.25, -0.2) is 4.79 Å². The number of rotatable bonds is 6. The fourth-order valence-electron chi connectivity index (χ4n) is 3.22. The lowest BCUT2D eigenvalue weighted by Crippen LogP contribution is -2.51. The van der Waals surface area contributed by atoms with Gasteiger partial charge in [-0.1, -0.05) is 36.4 Å². The van der Waals surface area contributed by atoms with Crippen molar-refractivity contribution in [1.82, 2.24) is 4.90 Å². The summed E-state index contributed by atoms with van der Waals surface area (Å²) in [4.78, 5) is 28.6. The molecule has 2 aromatic rings. The van der Waals surface area contributed by atoms with E-state index in [0.29, 0.717) is 18.8 Å². The van der Waals surface area contributed by atoms with Crippen molar-refractivity contribution in [3.8, 4) is 5.75 Å². The van der Waals surface area contributed by atoms with Crippen LogP contribution in [-0.4, -0.2) is 55.7 Å². The predicted molar refractivity (Wildman–Crippen MR) is 107 cm³/mol. The molecule has 0 radical (unpaired) electrons. The molecule has 0 aliphatic carbocycles. The first-order chi connectivity index (χ1) is 13.5. The lowest BCUT2D eigenvalue weighted by molar-refractivity contribution is -0.160. The van der Waals surface area contributed by atoms with Gasteiger partial charge < -0.3 is 19.3 Å². The minimum absolute atomic E-state index is 0.169. The highest BCUT2D eigenvalue weighted by molar-refractivity contribution is 5.84. The number of anilines is 1. The molecule has 0 aromatic heterocycles. The number of hydrogen-bond acceptors (Lipinski definition) is 5. The molecule has 1 saturated heterocycles. The monoisotopic (exact) mass is 382 g/mol. The molecule has 0 spiro atoms. The number of hydrogen-bond donors (Lipinski definition) is 0. The van der Waals surface area contributed by atoms with Gasteiger partial charge in [0, 0.05) is 31.9 Å². The fourth-order valence-corrected chi connectivity index (χ4v) is 3.22. The van der Waals surface area contributed by atoms with Crippen molar-refractivity contribution in [2.75, 3.05) is 37.7 Å². The molecule has 6 nitrogen and oxygen atoms in total. The molecule has 0 saturated carbocycles. The van der Waals surface area contributed by atoms with Crippen molar-refractivity contribution in [2.24, 2.45) is 0 Å². The number of amides is 1. The second-order valence-electron chi connectivity index (χ2n) is 6.83. The van der Waals surface area contributed by atoms with E-state index in [0.717, 1.165) is 24.3 Å². The number of nitrogens with zero attached hydrogens (tertiary/aromatic N) is 2. The minimum Gasteiger partial charge on any atom is -0.482 e. The van der Waals surface area contributed by atoms with Gasteiger partial charge in [-0.05, 0) is 37.6 Å². The molecule has 28 heavy (non-hydrogen) atoms. The van der Waals surface area contributed by atoms with Crippen molar-refractivity contribution >= 4 is 17.6 Å². The van der Waals surface area contributed by atoms with Crippen LogP contribution in [-0.2, 0) is 14.3 Å². The number of ether oxygens (including phenoxy) is 2. The van der Waals surface area contributed by atoms with E-state index < -0.39 is 12.1 Å². The second kappa shape index (κ2) is 9.26. The van der Waals surface area contributed by atoms with Gasteiger partial charge in [0.25, 0.3) is 5.91 Å². The zero-order valence-corrected chi connectivity index (χ0v) is 16.3. The number of esters is 1. The van der Waals surface area contributed by atoms with Crippen LogP contribution in [0.1, 0.15) is 12.5 Å². The lowest BCUT2D eigenvalue weighted by Gasteiger charge is -2.37.